The molecule has 0 bridgehead atoms. The number of carbonyl (C=O) groups excluding carboxylic acids is 1. The number of carboxylic acid groups (broad SMARTS) is 1. The van der Waals surface area contributed by atoms with Gasteiger partial charge in [-0.1, -0.05) is 24.3 Å². The lowest BCUT2D eigenvalue weighted by atomic mass is 9.89. The minimum Gasteiger partial charge on any atom is -0.478 e. The van der Waals surface area contributed by atoms with Crippen LogP contribution in [-0.4, -0.2) is 49.1 Å². The Balaban J connectivity index is 1.82. The largest absolute Gasteiger partial charge is 0.478 e. The lowest BCUT2D eigenvalue weighted by Crippen LogP contribution is -2.39. The van der Waals surface area contributed by atoms with Crippen molar-refractivity contribution < 1.29 is 14.7 Å². The quantitative estimate of drug-likeness (QED) is 0.915. The Hall–Kier alpha value is -2.82. The van der Waals surface area contributed by atoms with Gasteiger partial charge in [0.1, 0.15) is 0 Å². The molecule has 0 unspecified atom stereocenters. The van der Waals surface area contributed by atoms with Crippen molar-refractivity contribution in [1.29, 1.82) is 0 Å². The van der Waals surface area contributed by atoms with Gasteiger partial charge in [0.05, 0.1) is 11.1 Å². The lowest BCUT2D eigenvalue weighted by Gasteiger charge is -2.34. The van der Waals surface area contributed by atoms with Crippen molar-refractivity contribution in [3.8, 4) is 0 Å². The van der Waals surface area contributed by atoms with Crippen LogP contribution in [0.25, 0.3) is 0 Å². The highest BCUT2D eigenvalue weighted by Gasteiger charge is 2.27. The Morgan fingerprint density at radius 3 is 2.62 bits per heavy atom. The Labute approximate surface area is 153 Å². The number of hydrogen-bond donors (Lipinski definition) is 1. The Bertz CT molecular complexity index is 816. The summed E-state index contributed by atoms with van der Waals surface area (Å²) in [5.41, 5.74) is 2.90. The maximum Gasteiger partial charge on any atom is 0.335 e. The number of benzene rings is 2. The normalized spacial score (nSPS) is 17.0. The predicted octanol–water partition coefficient (Wildman–Crippen LogP) is 3.47. The second kappa shape index (κ2) is 7.60. The second-order valence-corrected chi connectivity index (χ2v) is 6.93. The molecule has 2 aromatic rings. The molecule has 1 heterocycles. The van der Waals surface area contributed by atoms with Crippen LogP contribution in [0.3, 0.4) is 0 Å². The van der Waals surface area contributed by atoms with Crippen LogP contribution in [0.1, 0.15) is 45.0 Å². The molecule has 1 fully saturated rings. The van der Waals surface area contributed by atoms with Crippen LogP contribution in [0.15, 0.2) is 48.5 Å². The molecular formula is C21H24N2O3. The fourth-order valence-electron chi connectivity index (χ4n) is 3.57. The standard InChI is InChI=1S/C21H24N2O3/c1-22(2)19-11-4-3-10-18(19)20(24)23-12-6-9-17(14-23)15-7-5-8-16(13-15)21(25)26/h3-5,7-8,10-11,13,17H,6,9,12,14H2,1-2H3,(H,25,26)/t17-/m1/s1. The van der Waals surface area contributed by atoms with Gasteiger partial charge in [0, 0.05) is 38.8 Å². The van der Waals surface area contributed by atoms with E-state index in [0.29, 0.717) is 17.7 Å². The molecule has 2 aromatic carbocycles. The van der Waals surface area contributed by atoms with Crippen molar-refractivity contribution in [2.24, 2.45) is 0 Å². The van der Waals surface area contributed by atoms with E-state index in [2.05, 4.69) is 0 Å². The second-order valence-electron chi connectivity index (χ2n) is 6.93. The number of rotatable bonds is 4. The molecule has 1 atom stereocenters. The van der Waals surface area contributed by atoms with Crippen molar-refractivity contribution >= 4 is 17.6 Å². The summed E-state index contributed by atoms with van der Waals surface area (Å²) in [7, 11) is 3.87. The van der Waals surface area contributed by atoms with E-state index in [1.807, 2.05) is 54.2 Å². The van der Waals surface area contributed by atoms with Crippen LogP contribution in [0.5, 0.6) is 0 Å². The zero-order chi connectivity index (χ0) is 18.7. The van der Waals surface area contributed by atoms with E-state index in [-0.39, 0.29) is 11.8 Å². The molecule has 0 saturated carbocycles. The van der Waals surface area contributed by atoms with E-state index in [1.165, 1.54) is 0 Å². The van der Waals surface area contributed by atoms with Crippen LogP contribution in [0.2, 0.25) is 0 Å². The van der Waals surface area contributed by atoms with Gasteiger partial charge in [0.25, 0.3) is 5.91 Å². The highest BCUT2D eigenvalue weighted by molar-refractivity contribution is 5.99. The number of likely N-dealkylation sites (tertiary alicyclic amines) is 1. The summed E-state index contributed by atoms with van der Waals surface area (Å²) in [6, 6.07) is 14.7. The average Bonchev–Trinajstić information content (AvgIpc) is 2.67. The Morgan fingerprint density at radius 1 is 1.12 bits per heavy atom. The monoisotopic (exact) mass is 352 g/mol. The molecule has 1 amide bonds. The highest BCUT2D eigenvalue weighted by Crippen LogP contribution is 2.29. The van der Waals surface area contributed by atoms with Gasteiger partial charge >= 0.3 is 5.97 Å². The van der Waals surface area contributed by atoms with Crippen LogP contribution in [0, 0.1) is 0 Å². The zero-order valence-corrected chi connectivity index (χ0v) is 15.2. The van der Waals surface area contributed by atoms with Crippen molar-refractivity contribution in [2.45, 2.75) is 18.8 Å². The van der Waals surface area contributed by atoms with E-state index in [4.69, 9.17) is 0 Å². The summed E-state index contributed by atoms with van der Waals surface area (Å²) in [6.07, 6.45) is 1.88. The van der Waals surface area contributed by atoms with Gasteiger partial charge in [-0.2, -0.15) is 0 Å². The van der Waals surface area contributed by atoms with E-state index in [0.717, 1.165) is 30.6 Å². The smallest absolute Gasteiger partial charge is 0.335 e. The number of carboxylic acids is 1. The third-order valence-corrected chi connectivity index (χ3v) is 4.93. The molecule has 1 saturated heterocycles. The molecule has 0 aromatic heterocycles. The van der Waals surface area contributed by atoms with Crippen LogP contribution >= 0.6 is 0 Å². The van der Waals surface area contributed by atoms with E-state index >= 15 is 0 Å². The summed E-state index contributed by atoms with van der Waals surface area (Å²) in [5.74, 6) is -0.720. The number of piperidine rings is 1. The van der Waals surface area contributed by atoms with Crippen molar-refractivity contribution in [1.82, 2.24) is 4.90 Å². The number of hydrogen-bond acceptors (Lipinski definition) is 3. The molecule has 136 valence electrons. The number of anilines is 1. The molecule has 1 N–H and O–H groups in total. The van der Waals surface area contributed by atoms with Gasteiger partial charge in [-0.05, 0) is 42.7 Å². The average molecular weight is 352 g/mol. The topological polar surface area (TPSA) is 60.9 Å². The number of amides is 1. The summed E-state index contributed by atoms with van der Waals surface area (Å²) < 4.78 is 0. The minimum atomic E-state index is -0.921. The van der Waals surface area contributed by atoms with Gasteiger partial charge in [0.15, 0.2) is 0 Å². The third kappa shape index (κ3) is 3.72. The van der Waals surface area contributed by atoms with E-state index in [9.17, 15) is 14.7 Å². The first-order valence-electron chi connectivity index (χ1n) is 8.86. The molecule has 0 spiro atoms. The summed E-state index contributed by atoms with van der Waals surface area (Å²) in [5, 5.41) is 9.21. The summed E-state index contributed by atoms with van der Waals surface area (Å²) in [4.78, 5) is 28.2. The molecule has 0 radical (unpaired) electrons. The summed E-state index contributed by atoms with van der Waals surface area (Å²) >= 11 is 0. The molecule has 1 aliphatic rings. The maximum absolute atomic E-state index is 13.1. The van der Waals surface area contributed by atoms with E-state index in [1.54, 1.807) is 18.2 Å². The number of carbonyl (C=O) groups is 2. The van der Waals surface area contributed by atoms with E-state index < -0.39 is 5.97 Å². The van der Waals surface area contributed by atoms with Gasteiger partial charge in [0.2, 0.25) is 0 Å². The summed E-state index contributed by atoms with van der Waals surface area (Å²) in [6.45, 7) is 1.35. The number of aromatic carboxylic acids is 1. The number of nitrogens with zero attached hydrogens (tertiary/aromatic N) is 2. The van der Waals surface area contributed by atoms with Gasteiger partial charge < -0.3 is 14.9 Å². The Morgan fingerprint density at radius 2 is 1.88 bits per heavy atom. The molecule has 5 heteroatoms. The first-order valence-corrected chi connectivity index (χ1v) is 8.86. The zero-order valence-electron chi connectivity index (χ0n) is 15.2. The third-order valence-electron chi connectivity index (χ3n) is 4.93. The maximum atomic E-state index is 13.1. The first kappa shape index (κ1) is 18.0. The first-order chi connectivity index (χ1) is 12.5. The molecule has 0 aliphatic carbocycles. The minimum absolute atomic E-state index is 0.0355. The lowest BCUT2D eigenvalue weighted by molar-refractivity contribution is 0.0688. The van der Waals surface area contributed by atoms with Crippen molar-refractivity contribution in [3.05, 3.63) is 65.2 Å². The van der Waals surface area contributed by atoms with Gasteiger partial charge in [-0.15, -0.1) is 0 Å². The predicted molar refractivity (Wildman–Crippen MR) is 102 cm³/mol. The van der Waals surface area contributed by atoms with Gasteiger partial charge in [-0.3, -0.25) is 4.79 Å². The van der Waals surface area contributed by atoms with Crippen LogP contribution < -0.4 is 4.90 Å². The molecule has 5 nitrogen and oxygen atoms in total. The van der Waals surface area contributed by atoms with Gasteiger partial charge in [-0.25, -0.2) is 4.79 Å². The fourth-order valence-corrected chi connectivity index (χ4v) is 3.57. The van der Waals surface area contributed by atoms with Crippen molar-refractivity contribution in [3.63, 3.8) is 0 Å². The highest BCUT2D eigenvalue weighted by atomic mass is 16.4. The van der Waals surface area contributed by atoms with Crippen molar-refractivity contribution in [2.75, 3.05) is 32.1 Å². The van der Waals surface area contributed by atoms with Crippen LogP contribution in [-0.2, 0) is 0 Å². The van der Waals surface area contributed by atoms with Crippen LogP contribution in [0.4, 0.5) is 5.69 Å². The Kier molecular flexibility index (Phi) is 5.26. The molecule has 3 rings (SSSR count). The fraction of sp³-hybridized carbons (Fsp3) is 0.333. The molecular weight excluding hydrogens is 328 g/mol. The SMILES string of the molecule is CN(C)c1ccccc1C(=O)N1CCC[C@@H](c2cccc(C(=O)O)c2)C1. The molecule has 26 heavy (non-hydrogen) atoms. The number of para-hydroxylation sites is 1. The molecule has 1 aliphatic heterocycles.